The minimum atomic E-state index is 0. The first-order valence-corrected chi connectivity index (χ1v) is 14.2. The minimum absolute atomic E-state index is 0. The summed E-state index contributed by atoms with van der Waals surface area (Å²) in [5.41, 5.74) is 9.55. The summed E-state index contributed by atoms with van der Waals surface area (Å²) in [6, 6.07) is 42.4. The SMILES string of the molecule is CC(C)(C)c1ccc(-n2c(-c3[c-]c(-c4cccc5cccnc45)ccc3)nc3c(-c4ccccc4O)cccc32)cc1.[Pt]. The number of benzene rings is 5. The molecule has 0 aliphatic carbocycles. The van der Waals surface area contributed by atoms with E-state index in [1.165, 1.54) is 5.56 Å². The summed E-state index contributed by atoms with van der Waals surface area (Å²) in [6.07, 6.45) is 1.83. The molecule has 7 rings (SSSR count). The fraction of sp³-hybridized carbons (Fsp3) is 0.105. The molecule has 0 spiro atoms. The third kappa shape index (κ3) is 5.17. The molecule has 214 valence electrons. The number of aromatic hydroxyl groups is 1. The molecule has 4 nitrogen and oxygen atoms in total. The Balaban J connectivity index is 0.00000329. The predicted molar refractivity (Wildman–Crippen MR) is 172 cm³/mol. The van der Waals surface area contributed by atoms with E-state index in [9.17, 15) is 5.11 Å². The normalized spacial score (nSPS) is 11.5. The van der Waals surface area contributed by atoms with Crippen molar-refractivity contribution in [2.75, 3.05) is 0 Å². The van der Waals surface area contributed by atoms with Crippen molar-refractivity contribution in [1.82, 2.24) is 14.5 Å². The number of fused-ring (bicyclic) bond motifs is 2. The number of para-hydroxylation sites is 3. The Morgan fingerprint density at radius 1 is 0.651 bits per heavy atom. The maximum absolute atomic E-state index is 10.7. The van der Waals surface area contributed by atoms with Gasteiger partial charge in [-0.1, -0.05) is 98.6 Å². The van der Waals surface area contributed by atoms with Gasteiger partial charge in [0.1, 0.15) is 5.75 Å². The third-order valence-electron chi connectivity index (χ3n) is 7.83. The summed E-state index contributed by atoms with van der Waals surface area (Å²) >= 11 is 0. The first kappa shape index (κ1) is 28.6. The molecule has 2 heterocycles. The van der Waals surface area contributed by atoms with E-state index in [4.69, 9.17) is 4.98 Å². The number of rotatable bonds is 4. The van der Waals surface area contributed by atoms with Gasteiger partial charge >= 0.3 is 0 Å². The van der Waals surface area contributed by atoms with Crippen molar-refractivity contribution in [2.24, 2.45) is 0 Å². The molecule has 2 aromatic heterocycles. The summed E-state index contributed by atoms with van der Waals surface area (Å²) in [5.74, 6) is 1.01. The Hall–Kier alpha value is -4.53. The Morgan fingerprint density at radius 3 is 2.12 bits per heavy atom. The van der Waals surface area contributed by atoms with Crippen LogP contribution in [-0.2, 0) is 26.5 Å². The van der Waals surface area contributed by atoms with E-state index < -0.39 is 0 Å². The number of phenols is 1. The molecule has 0 fully saturated rings. The number of hydrogen-bond donors (Lipinski definition) is 1. The smallest absolute Gasteiger partial charge is 0.123 e. The van der Waals surface area contributed by atoms with E-state index in [-0.39, 0.29) is 32.2 Å². The van der Waals surface area contributed by atoms with Crippen molar-refractivity contribution in [3.8, 4) is 45.1 Å². The van der Waals surface area contributed by atoms with Crippen molar-refractivity contribution >= 4 is 21.9 Å². The van der Waals surface area contributed by atoms with Gasteiger partial charge in [-0.3, -0.25) is 9.97 Å². The molecule has 0 saturated carbocycles. The quantitative estimate of drug-likeness (QED) is 0.183. The van der Waals surface area contributed by atoms with Gasteiger partial charge in [-0.05, 0) is 46.7 Å². The van der Waals surface area contributed by atoms with Crippen molar-refractivity contribution in [2.45, 2.75) is 26.2 Å². The van der Waals surface area contributed by atoms with Crippen LogP contribution in [0.5, 0.6) is 5.75 Å². The second-order valence-corrected chi connectivity index (χ2v) is 11.6. The molecule has 43 heavy (non-hydrogen) atoms. The maximum Gasteiger partial charge on any atom is 0.123 e. The molecule has 5 aromatic carbocycles. The van der Waals surface area contributed by atoms with Crippen molar-refractivity contribution in [3.63, 3.8) is 0 Å². The fourth-order valence-electron chi connectivity index (χ4n) is 5.65. The van der Waals surface area contributed by atoms with Crippen LogP contribution >= 0.6 is 0 Å². The standard InChI is InChI=1S/C38H30N3O.Pt/c1-38(2,3)28-19-21-29(22-20-28)41-33-17-8-16-32(31-14-4-5-18-34(31)42)36(33)40-37(41)27-12-6-11-26(24-27)30-15-7-10-25-13-9-23-39-35(25)30;/h4-23,42H,1-3H3;/q-1;. The molecular formula is C38H30N3OPt-. The van der Waals surface area contributed by atoms with E-state index in [0.29, 0.717) is 0 Å². The predicted octanol–water partition coefficient (Wildman–Crippen LogP) is 9.38. The molecule has 0 aliphatic heterocycles. The van der Waals surface area contributed by atoms with Gasteiger partial charge in [0.15, 0.2) is 0 Å². The maximum atomic E-state index is 10.7. The molecule has 0 aliphatic rings. The average Bonchev–Trinajstić information content (AvgIpc) is 3.41. The zero-order valence-corrected chi connectivity index (χ0v) is 26.4. The molecule has 0 unspecified atom stereocenters. The van der Waals surface area contributed by atoms with Crippen LogP contribution in [0.4, 0.5) is 0 Å². The topological polar surface area (TPSA) is 50.9 Å². The summed E-state index contributed by atoms with van der Waals surface area (Å²) in [4.78, 5) is 9.93. The number of phenolic OH excluding ortho intramolecular Hbond substituents is 1. The van der Waals surface area contributed by atoms with Crippen molar-refractivity contribution < 1.29 is 26.2 Å². The molecule has 0 bridgehead atoms. The minimum Gasteiger partial charge on any atom is -0.507 e. The molecule has 0 amide bonds. The molecule has 0 radical (unpaired) electrons. The van der Waals surface area contributed by atoms with Gasteiger partial charge in [-0.25, -0.2) is 0 Å². The van der Waals surface area contributed by atoms with E-state index in [2.05, 4.69) is 109 Å². The summed E-state index contributed by atoms with van der Waals surface area (Å²) in [5, 5.41) is 11.8. The van der Waals surface area contributed by atoms with E-state index in [1.54, 1.807) is 6.07 Å². The summed E-state index contributed by atoms with van der Waals surface area (Å²) in [6.45, 7) is 6.67. The van der Waals surface area contributed by atoms with Gasteiger partial charge in [-0.15, -0.1) is 29.8 Å². The Morgan fingerprint density at radius 2 is 1.33 bits per heavy atom. The van der Waals surface area contributed by atoms with E-state index in [0.717, 1.165) is 61.3 Å². The first-order valence-electron chi connectivity index (χ1n) is 14.2. The average molecular weight is 740 g/mol. The van der Waals surface area contributed by atoms with Crippen molar-refractivity contribution in [3.05, 3.63) is 133 Å². The third-order valence-corrected chi connectivity index (χ3v) is 7.83. The monoisotopic (exact) mass is 739 g/mol. The van der Waals surface area contributed by atoms with Gasteiger partial charge < -0.3 is 9.67 Å². The van der Waals surface area contributed by atoms with Crippen LogP contribution in [0.2, 0.25) is 0 Å². The summed E-state index contributed by atoms with van der Waals surface area (Å²) in [7, 11) is 0. The summed E-state index contributed by atoms with van der Waals surface area (Å²) < 4.78 is 2.20. The van der Waals surface area contributed by atoms with Gasteiger partial charge in [-0.2, -0.15) is 0 Å². The number of imidazole rings is 1. The van der Waals surface area contributed by atoms with Crippen LogP contribution in [0.25, 0.3) is 61.3 Å². The van der Waals surface area contributed by atoms with Crippen LogP contribution in [0.15, 0.2) is 121 Å². The molecular weight excluding hydrogens is 710 g/mol. The van der Waals surface area contributed by atoms with Crippen LogP contribution in [0.1, 0.15) is 26.3 Å². The number of hydrogen-bond acceptors (Lipinski definition) is 3. The Labute approximate surface area is 266 Å². The molecule has 0 atom stereocenters. The second kappa shape index (κ2) is 11.3. The zero-order valence-electron chi connectivity index (χ0n) is 24.2. The van der Waals surface area contributed by atoms with Crippen molar-refractivity contribution in [1.29, 1.82) is 0 Å². The largest absolute Gasteiger partial charge is 0.507 e. The van der Waals surface area contributed by atoms with Crippen LogP contribution in [-0.4, -0.2) is 19.6 Å². The van der Waals surface area contributed by atoms with Crippen LogP contribution in [0, 0.1) is 6.07 Å². The van der Waals surface area contributed by atoms with Crippen LogP contribution < -0.4 is 0 Å². The molecule has 0 saturated heterocycles. The van der Waals surface area contributed by atoms with E-state index in [1.807, 2.05) is 42.6 Å². The van der Waals surface area contributed by atoms with Crippen LogP contribution in [0.3, 0.4) is 0 Å². The number of aromatic nitrogens is 3. The number of nitrogens with zero attached hydrogens (tertiary/aromatic N) is 3. The second-order valence-electron chi connectivity index (χ2n) is 11.6. The van der Waals surface area contributed by atoms with Gasteiger partial charge in [0.05, 0.1) is 16.9 Å². The Kier molecular flexibility index (Phi) is 7.50. The molecule has 7 aromatic rings. The van der Waals surface area contributed by atoms with Gasteiger partial charge in [0, 0.05) is 49.6 Å². The number of pyridine rings is 1. The zero-order chi connectivity index (χ0) is 28.8. The Bertz CT molecular complexity index is 2080. The van der Waals surface area contributed by atoms with E-state index >= 15 is 0 Å². The molecule has 5 heteroatoms. The van der Waals surface area contributed by atoms with Gasteiger partial charge in [0.25, 0.3) is 0 Å². The first-order chi connectivity index (χ1) is 20.4. The molecule has 1 N–H and O–H groups in total. The fourth-order valence-corrected chi connectivity index (χ4v) is 5.65. The van der Waals surface area contributed by atoms with Gasteiger partial charge in [0.2, 0.25) is 0 Å².